The summed E-state index contributed by atoms with van der Waals surface area (Å²) in [6.45, 7) is 0. The fourth-order valence-corrected chi connectivity index (χ4v) is 9.60. The van der Waals surface area contributed by atoms with Crippen LogP contribution in [-0.4, -0.2) is 4.17 Å². The summed E-state index contributed by atoms with van der Waals surface area (Å²) in [6.07, 6.45) is 0. The lowest BCUT2D eigenvalue weighted by molar-refractivity contribution is -0.00000393. The van der Waals surface area contributed by atoms with Gasteiger partial charge in [0.25, 0.3) is 0 Å². The van der Waals surface area contributed by atoms with E-state index in [0.29, 0.717) is 0 Å². The first-order chi connectivity index (χ1) is 10.4. The molecule has 0 heterocycles. The summed E-state index contributed by atoms with van der Waals surface area (Å²) >= 11 is 2.56. The molecular formula is C19H17I2P. The quantitative estimate of drug-likeness (QED) is 0.272. The van der Waals surface area contributed by atoms with Crippen LogP contribution in [0.15, 0.2) is 91.0 Å². The minimum Gasteiger partial charge on any atom is -1.00 e. The molecular weight excluding hydrogens is 513 g/mol. The van der Waals surface area contributed by atoms with Gasteiger partial charge in [-0.3, -0.25) is 0 Å². The highest BCUT2D eigenvalue weighted by atomic mass is 127. The van der Waals surface area contributed by atoms with Gasteiger partial charge in [-0.25, -0.2) is 0 Å². The largest absolute Gasteiger partial charge is 1.00 e. The first kappa shape index (κ1) is 17.9. The van der Waals surface area contributed by atoms with Crippen molar-refractivity contribution < 1.29 is 24.0 Å². The number of halogens is 2. The highest BCUT2D eigenvalue weighted by Gasteiger charge is 2.43. The lowest BCUT2D eigenvalue weighted by Gasteiger charge is -2.25. The van der Waals surface area contributed by atoms with Gasteiger partial charge in [0.2, 0.25) is 0 Å². The third kappa shape index (κ3) is 3.39. The molecule has 3 rings (SSSR count). The molecule has 3 heteroatoms. The zero-order valence-electron chi connectivity index (χ0n) is 12.1. The van der Waals surface area contributed by atoms with Crippen molar-refractivity contribution in [2.24, 2.45) is 0 Å². The first-order valence-electron chi connectivity index (χ1n) is 6.99. The van der Waals surface area contributed by atoms with Crippen molar-refractivity contribution in [1.82, 2.24) is 0 Å². The van der Waals surface area contributed by atoms with E-state index in [1.165, 1.54) is 15.9 Å². The second-order valence-corrected chi connectivity index (χ2v) is 10.4. The Labute approximate surface area is 163 Å². The topological polar surface area (TPSA) is 0 Å². The fraction of sp³-hybridized carbons (Fsp3) is 0.0526. The molecule has 0 nitrogen and oxygen atoms in total. The van der Waals surface area contributed by atoms with Crippen molar-refractivity contribution >= 4 is 45.8 Å². The number of hydrogen-bond donors (Lipinski definition) is 0. The van der Waals surface area contributed by atoms with Crippen LogP contribution in [0.25, 0.3) is 0 Å². The normalized spacial score (nSPS) is 10.8. The van der Waals surface area contributed by atoms with Gasteiger partial charge in [0, 0.05) is 0 Å². The Kier molecular flexibility index (Phi) is 6.85. The standard InChI is InChI=1S/C19H17IP.HI/c20-16-21(17-10-4-1-5-11-17,18-12-6-2-7-13-18)19-14-8-3-9-15-19;/h1-15H,16H2;1H/q+1;/p-1. The molecule has 0 aliphatic heterocycles. The van der Waals surface area contributed by atoms with E-state index in [0.717, 1.165) is 4.17 Å². The monoisotopic (exact) mass is 530 g/mol. The van der Waals surface area contributed by atoms with Crippen LogP contribution in [0, 0.1) is 0 Å². The van der Waals surface area contributed by atoms with Crippen LogP contribution in [0.1, 0.15) is 0 Å². The molecule has 0 saturated carbocycles. The van der Waals surface area contributed by atoms with E-state index in [9.17, 15) is 0 Å². The van der Waals surface area contributed by atoms with Crippen LogP contribution >= 0.6 is 29.9 Å². The van der Waals surface area contributed by atoms with Gasteiger partial charge >= 0.3 is 0 Å². The van der Waals surface area contributed by atoms with Crippen LogP contribution in [0.5, 0.6) is 0 Å². The molecule has 0 saturated heterocycles. The molecule has 0 fully saturated rings. The van der Waals surface area contributed by atoms with E-state index in [2.05, 4.69) is 114 Å². The summed E-state index contributed by atoms with van der Waals surface area (Å²) in [6, 6.07) is 32.9. The maximum absolute atomic E-state index is 2.56. The van der Waals surface area contributed by atoms with Gasteiger partial charge in [-0.2, -0.15) is 0 Å². The average molecular weight is 530 g/mol. The van der Waals surface area contributed by atoms with Crippen LogP contribution in [0.2, 0.25) is 0 Å². The van der Waals surface area contributed by atoms with Crippen molar-refractivity contribution in [2.75, 3.05) is 4.17 Å². The predicted octanol–water partition coefficient (Wildman–Crippen LogP) is 1.38. The Hall–Kier alpha value is -0.450. The molecule has 0 aliphatic carbocycles. The molecule has 0 unspecified atom stereocenters. The fourth-order valence-electron chi connectivity index (χ4n) is 2.70. The van der Waals surface area contributed by atoms with Gasteiger partial charge in [-0.15, -0.1) is 0 Å². The Bertz CT molecular complexity index is 588. The summed E-state index contributed by atoms with van der Waals surface area (Å²) in [5, 5.41) is 4.37. The molecule has 0 spiro atoms. The van der Waals surface area contributed by atoms with Gasteiger partial charge in [0.05, 0.1) is 0 Å². The van der Waals surface area contributed by atoms with E-state index in [-0.39, 0.29) is 24.0 Å². The van der Waals surface area contributed by atoms with E-state index in [1.54, 1.807) is 0 Å². The minimum atomic E-state index is -1.55. The van der Waals surface area contributed by atoms with Gasteiger partial charge in [-0.05, 0) is 59.0 Å². The Morgan fingerprint density at radius 1 is 0.545 bits per heavy atom. The zero-order chi connectivity index (χ0) is 14.5. The average Bonchev–Trinajstić information content (AvgIpc) is 2.59. The van der Waals surface area contributed by atoms with Gasteiger partial charge in [0.15, 0.2) is 0 Å². The van der Waals surface area contributed by atoms with Crippen LogP contribution < -0.4 is 39.9 Å². The lowest BCUT2D eigenvalue weighted by Crippen LogP contribution is -3.00. The van der Waals surface area contributed by atoms with E-state index >= 15 is 0 Å². The highest BCUT2D eigenvalue weighted by molar-refractivity contribution is 14.1. The van der Waals surface area contributed by atoms with Crippen molar-refractivity contribution in [3.63, 3.8) is 0 Å². The smallest absolute Gasteiger partial charge is 0.124 e. The summed E-state index contributed by atoms with van der Waals surface area (Å²) < 4.78 is 1.11. The van der Waals surface area contributed by atoms with Crippen molar-refractivity contribution in [1.29, 1.82) is 0 Å². The zero-order valence-corrected chi connectivity index (χ0v) is 17.3. The van der Waals surface area contributed by atoms with Gasteiger partial charge in [-0.1, -0.05) is 54.6 Å². The van der Waals surface area contributed by atoms with Crippen molar-refractivity contribution in [3.8, 4) is 0 Å². The van der Waals surface area contributed by atoms with E-state index < -0.39 is 7.26 Å². The first-order valence-corrected chi connectivity index (χ1v) is 10.5. The molecule has 0 atom stereocenters. The molecule has 112 valence electrons. The maximum Gasteiger partial charge on any atom is 0.124 e. The number of rotatable bonds is 4. The molecule has 0 aliphatic rings. The summed E-state index contributed by atoms with van der Waals surface area (Å²) in [5.74, 6) is 0. The van der Waals surface area contributed by atoms with Gasteiger partial charge in [0.1, 0.15) is 27.3 Å². The van der Waals surface area contributed by atoms with E-state index in [1.807, 2.05) is 0 Å². The van der Waals surface area contributed by atoms with Crippen LogP contribution in [0.4, 0.5) is 0 Å². The second kappa shape index (κ2) is 8.42. The summed E-state index contributed by atoms with van der Waals surface area (Å²) in [7, 11) is -1.55. The maximum atomic E-state index is 2.56. The second-order valence-electron chi connectivity index (χ2n) is 4.94. The molecule has 0 N–H and O–H groups in total. The SMILES string of the molecule is IC[P+](c1ccccc1)(c1ccccc1)c1ccccc1.[I-]. The third-order valence-corrected chi connectivity index (χ3v) is 10.7. The van der Waals surface area contributed by atoms with Crippen LogP contribution in [-0.2, 0) is 0 Å². The summed E-state index contributed by atoms with van der Waals surface area (Å²) in [4.78, 5) is 0. The Morgan fingerprint density at radius 2 is 0.818 bits per heavy atom. The highest BCUT2D eigenvalue weighted by Crippen LogP contribution is 2.56. The summed E-state index contributed by atoms with van der Waals surface area (Å²) in [5.41, 5.74) is 0. The number of benzene rings is 3. The molecule has 3 aromatic carbocycles. The van der Waals surface area contributed by atoms with Crippen molar-refractivity contribution in [2.45, 2.75) is 0 Å². The third-order valence-electron chi connectivity index (χ3n) is 3.77. The minimum absolute atomic E-state index is 0. The van der Waals surface area contributed by atoms with Gasteiger partial charge < -0.3 is 24.0 Å². The van der Waals surface area contributed by atoms with Crippen molar-refractivity contribution in [3.05, 3.63) is 91.0 Å². The Morgan fingerprint density at radius 3 is 1.05 bits per heavy atom. The Balaban J connectivity index is 0.00000176. The number of alkyl halides is 1. The molecule has 0 amide bonds. The lowest BCUT2D eigenvalue weighted by atomic mass is 10.4. The number of hydrogen-bond acceptors (Lipinski definition) is 0. The molecule has 3 aromatic rings. The molecule has 0 bridgehead atoms. The molecule has 0 radical (unpaired) electrons. The molecule has 22 heavy (non-hydrogen) atoms. The molecule has 0 aromatic heterocycles. The predicted molar refractivity (Wildman–Crippen MR) is 104 cm³/mol. The van der Waals surface area contributed by atoms with E-state index in [4.69, 9.17) is 0 Å². The van der Waals surface area contributed by atoms with Crippen LogP contribution in [0.3, 0.4) is 0 Å².